The minimum Gasteiger partial charge on any atom is -0.373 e. The highest BCUT2D eigenvalue weighted by molar-refractivity contribution is 14.0. The van der Waals surface area contributed by atoms with Crippen LogP contribution >= 0.6 is 24.0 Å². The molecular weight excluding hydrogens is 441 g/mol. The molecule has 3 rings (SSSR count). The van der Waals surface area contributed by atoms with Gasteiger partial charge in [0, 0.05) is 32.1 Å². The smallest absolute Gasteiger partial charge is 0.191 e. The zero-order chi connectivity index (χ0) is 17.5. The molecule has 6 nitrogen and oxygen atoms in total. The van der Waals surface area contributed by atoms with Gasteiger partial charge in [-0.05, 0) is 38.3 Å². The maximum absolute atomic E-state index is 5.84. The maximum atomic E-state index is 5.84. The molecule has 0 spiro atoms. The third-order valence-corrected chi connectivity index (χ3v) is 4.46. The predicted octanol–water partition coefficient (Wildman–Crippen LogP) is 3.11. The number of para-hydroxylation sites is 1. The summed E-state index contributed by atoms with van der Waals surface area (Å²) in [6.07, 6.45) is 7.76. The average molecular weight is 469 g/mol. The van der Waals surface area contributed by atoms with E-state index in [1.165, 1.54) is 0 Å². The van der Waals surface area contributed by atoms with Gasteiger partial charge >= 0.3 is 0 Å². The van der Waals surface area contributed by atoms with Crippen molar-refractivity contribution >= 4 is 29.9 Å². The molecule has 1 atom stereocenters. The second-order valence-corrected chi connectivity index (χ2v) is 6.55. The molecule has 1 saturated heterocycles. The summed E-state index contributed by atoms with van der Waals surface area (Å²) in [5, 5.41) is 6.73. The zero-order valence-corrected chi connectivity index (χ0v) is 17.8. The van der Waals surface area contributed by atoms with Crippen LogP contribution < -0.4 is 10.6 Å². The molecule has 0 bridgehead atoms. The standard InChI is InChI=1S/C19H27N5O.HI/c1-3-21-18(23-14-19(2)9-6-12-25-19)22-13-16-7-4-5-8-17(16)24-11-10-20-15-24;/h4-5,7-8,10-11,15H,3,6,9,12-14H2,1-2H3,(H2,21,22,23);1H. The van der Waals surface area contributed by atoms with Gasteiger partial charge in [0.1, 0.15) is 0 Å². The van der Waals surface area contributed by atoms with Gasteiger partial charge in [-0.15, -0.1) is 24.0 Å². The average Bonchev–Trinajstić information content (AvgIpc) is 3.30. The highest BCUT2D eigenvalue weighted by Crippen LogP contribution is 2.23. The molecule has 7 heteroatoms. The number of aromatic nitrogens is 2. The first-order valence-electron chi connectivity index (χ1n) is 8.92. The van der Waals surface area contributed by atoms with Crippen molar-refractivity contribution in [1.29, 1.82) is 0 Å². The summed E-state index contributed by atoms with van der Waals surface area (Å²) in [4.78, 5) is 8.89. The van der Waals surface area contributed by atoms with Gasteiger partial charge in [-0.1, -0.05) is 18.2 Å². The first kappa shape index (κ1) is 20.7. The number of aliphatic imine (C=N–C) groups is 1. The highest BCUT2D eigenvalue weighted by atomic mass is 127. The van der Waals surface area contributed by atoms with Crippen LogP contribution in [0.25, 0.3) is 5.69 Å². The molecule has 1 aliphatic heterocycles. The van der Waals surface area contributed by atoms with Crippen molar-refractivity contribution in [2.45, 2.75) is 38.8 Å². The molecule has 1 aliphatic rings. The lowest BCUT2D eigenvalue weighted by Crippen LogP contribution is -2.45. The number of benzene rings is 1. The fourth-order valence-electron chi connectivity index (χ4n) is 3.05. The van der Waals surface area contributed by atoms with E-state index in [9.17, 15) is 0 Å². The predicted molar refractivity (Wildman–Crippen MR) is 115 cm³/mol. The number of rotatable bonds is 6. The van der Waals surface area contributed by atoms with Gasteiger partial charge in [0.25, 0.3) is 0 Å². The van der Waals surface area contributed by atoms with E-state index >= 15 is 0 Å². The Morgan fingerprint density at radius 3 is 2.88 bits per heavy atom. The second-order valence-electron chi connectivity index (χ2n) is 6.55. The SMILES string of the molecule is CCNC(=NCc1ccccc1-n1ccnc1)NCC1(C)CCCO1.I. The molecular formula is C19H28IN5O. The van der Waals surface area contributed by atoms with Gasteiger partial charge in [0.2, 0.25) is 0 Å². The summed E-state index contributed by atoms with van der Waals surface area (Å²) in [7, 11) is 0. The quantitative estimate of drug-likeness (QED) is 0.388. The lowest BCUT2D eigenvalue weighted by Gasteiger charge is -2.24. The Morgan fingerprint density at radius 2 is 2.19 bits per heavy atom. The summed E-state index contributed by atoms with van der Waals surface area (Å²) in [5.74, 6) is 0.819. The molecule has 142 valence electrons. The lowest BCUT2D eigenvalue weighted by atomic mass is 10.0. The molecule has 1 aromatic carbocycles. The van der Waals surface area contributed by atoms with Crippen LogP contribution in [0, 0.1) is 0 Å². The Bertz CT molecular complexity index is 696. The van der Waals surface area contributed by atoms with Crippen molar-refractivity contribution in [2.24, 2.45) is 4.99 Å². The van der Waals surface area contributed by atoms with E-state index in [2.05, 4.69) is 41.6 Å². The largest absolute Gasteiger partial charge is 0.373 e. The van der Waals surface area contributed by atoms with Gasteiger partial charge in [-0.3, -0.25) is 0 Å². The summed E-state index contributed by atoms with van der Waals surface area (Å²) in [5.41, 5.74) is 2.16. The van der Waals surface area contributed by atoms with Crippen molar-refractivity contribution < 1.29 is 4.74 Å². The van der Waals surface area contributed by atoms with Gasteiger partial charge in [-0.2, -0.15) is 0 Å². The second kappa shape index (κ2) is 9.91. The highest BCUT2D eigenvalue weighted by Gasteiger charge is 2.29. The molecule has 0 amide bonds. The number of imidazole rings is 1. The Labute approximate surface area is 172 Å². The molecule has 26 heavy (non-hydrogen) atoms. The number of hydrogen-bond acceptors (Lipinski definition) is 3. The molecule has 0 saturated carbocycles. The Balaban J connectivity index is 0.00000243. The van der Waals surface area contributed by atoms with Gasteiger partial charge < -0.3 is 19.9 Å². The van der Waals surface area contributed by atoms with E-state index in [-0.39, 0.29) is 29.6 Å². The van der Waals surface area contributed by atoms with Crippen molar-refractivity contribution in [3.63, 3.8) is 0 Å². The van der Waals surface area contributed by atoms with Crippen LogP contribution in [0.2, 0.25) is 0 Å². The van der Waals surface area contributed by atoms with Crippen LogP contribution in [0.15, 0.2) is 48.0 Å². The summed E-state index contributed by atoms with van der Waals surface area (Å²) in [6.45, 7) is 7.27. The molecule has 2 N–H and O–H groups in total. The van der Waals surface area contributed by atoms with E-state index in [0.29, 0.717) is 6.54 Å². The number of guanidine groups is 1. The van der Waals surface area contributed by atoms with Crippen LogP contribution in [-0.4, -0.2) is 40.8 Å². The molecule has 2 heterocycles. The third-order valence-electron chi connectivity index (χ3n) is 4.46. The number of ether oxygens (including phenoxy) is 1. The third kappa shape index (κ3) is 5.44. The lowest BCUT2D eigenvalue weighted by molar-refractivity contribution is 0.0243. The molecule has 2 aromatic rings. The Morgan fingerprint density at radius 1 is 1.35 bits per heavy atom. The topological polar surface area (TPSA) is 63.5 Å². The minimum absolute atomic E-state index is 0. The van der Waals surface area contributed by atoms with Crippen LogP contribution in [0.1, 0.15) is 32.3 Å². The molecule has 0 aliphatic carbocycles. The first-order chi connectivity index (χ1) is 12.2. The maximum Gasteiger partial charge on any atom is 0.191 e. The Hall–Kier alpha value is -1.61. The van der Waals surface area contributed by atoms with Gasteiger partial charge in [-0.25, -0.2) is 9.98 Å². The van der Waals surface area contributed by atoms with Crippen molar-refractivity contribution in [1.82, 2.24) is 20.2 Å². The van der Waals surface area contributed by atoms with E-state index in [1.54, 1.807) is 6.20 Å². The van der Waals surface area contributed by atoms with Crippen LogP contribution in [0.5, 0.6) is 0 Å². The van der Waals surface area contributed by atoms with E-state index in [0.717, 1.165) is 49.7 Å². The van der Waals surface area contributed by atoms with Crippen molar-refractivity contribution in [3.05, 3.63) is 48.5 Å². The fourth-order valence-corrected chi connectivity index (χ4v) is 3.05. The summed E-state index contributed by atoms with van der Waals surface area (Å²) in [6, 6.07) is 8.26. The zero-order valence-electron chi connectivity index (χ0n) is 15.4. The minimum atomic E-state index is -0.0924. The van der Waals surface area contributed by atoms with Crippen molar-refractivity contribution in [2.75, 3.05) is 19.7 Å². The molecule has 0 radical (unpaired) electrons. The normalized spacial score (nSPS) is 19.8. The molecule has 1 unspecified atom stereocenters. The van der Waals surface area contributed by atoms with Crippen LogP contribution in [0.4, 0.5) is 0 Å². The number of nitrogens with one attached hydrogen (secondary N) is 2. The van der Waals surface area contributed by atoms with E-state index in [4.69, 9.17) is 9.73 Å². The first-order valence-corrected chi connectivity index (χ1v) is 8.92. The monoisotopic (exact) mass is 469 g/mol. The summed E-state index contributed by atoms with van der Waals surface area (Å²) >= 11 is 0. The van der Waals surface area contributed by atoms with Gasteiger partial charge in [0.05, 0.1) is 24.2 Å². The molecule has 1 aromatic heterocycles. The van der Waals surface area contributed by atoms with Crippen molar-refractivity contribution in [3.8, 4) is 5.69 Å². The van der Waals surface area contributed by atoms with Gasteiger partial charge in [0.15, 0.2) is 5.96 Å². The summed E-state index contributed by atoms with van der Waals surface area (Å²) < 4.78 is 7.86. The van der Waals surface area contributed by atoms with E-state index < -0.39 is 0 Å². The fraction of sp³-hybridized carbons (Fsp3) is 0.474. The number of halogens is 1. The number of nitrogens with zero attached hydrogens (tertiary/aromatic N) is 3. The number of hydrogen-bond donors (Lipinski definition) is 2. The van der Waals surface area contributed by atoms with E-state index in [1.807, 2.05) is 29.2 Å². The van der Waals surface area contributed by atoms with Crippen LogP contribution in [-0.2, 0) is 11.3 Å². The molecule has 1 fully saturated rings. The Kier molecular flexibility index (Phi) is 7.89. The van der Waals surface area contributed by atoms with Crippen LogP contribution in [0.3, 0.4) is 0 Å².